The molecule has 0 saturated heterocycles. The minimum Gasteiger partial charge on any atom is -0.479 e. The first kappa shape index (κ1) is 24.4. The summed E-state index contributed by atoms with van der Waals surface area (Å²) >= 11 is 9.45. The Morgan fingerprint density at radius 1 is 1.09 bits per heavy atom. The van der Waals surface area contributed by atoms with Crippen LogP contribution in [-0.4, -0.2) is 55.1 Å². The molecule has 0 aliphatic rings. The Bertz CT molecular complexity index is 1180. The third-order valence-corrected chi connectivity index (χ3v) is 5.72. The van der Waals surface area contributed by atoms with Gasteiger partial charge < -0.3 is 20.6 Å². The lowest BCUT2D eigenvalue weighted by molar-refractivity contribution is -0.148. The van der Waals surface area contributed by atoms with Gasteiger partial charge in [-0.1, -0.05) is 57.9 Å². The van der Waals surface area contributed by atoms with Crippen LogP contribution in [0.4, 0.5) is 0 Å². The maximum absolute atomic E-state index is 12.8. The van der Waals surface area contributed by atoms with Gasteiger partial charge in [0.2, 0.25) is 0 Å². The SMILES string of the molecule is O=C(N[C@H](Cc1ccccc1Cl)[C@@H](O)C(=O)O)c1cc(C(=O)O)n(Cc2ccc(Br)cc2)n1. The monoisotopic (exact) mass is 535 g/mol. The molecule has 9 nitrogen and oxygen atoms in total. The van der Waals surface area contributed by atoms with Gasteiger partial charge in [-0.15, -0.1) is 0 Å². The fraction of sp³-hybridized carbons (Fsp3) is 0.182. The highest BCUT2D eigenvalue weighted by Gasteiger charge is 2.30. The first-order valence-electron chi connectivity index (χ1n) is 9.66. The Hall–Kier alpha value is -3.21. The number of nitrogens with zero attached hydrogens (tertiary/aromatic N) is 2. The van der Waals surface area contributed by atoms with Gasteiger partial charge in [-0.3, -0.25) is 9.48 Å². The molecule has 2 aromatic carbocycles. The lowest BCUT2D eigenvalue weighted by Crippen LogP contribution is -2.48. The quantitative estimate of drug-likeness (QED) is 0.329. The molecule has 0 unspecified atom stereocenters. The van der Waals surface area contributed by atoms with Crippen LogP contribution in [0.25, 0.3) is 0 Å². The smallest absolute Gasteiger partial charge is 0.354 e. The molecule has 3 aromatic rings. The van der Waals surface area contributed by atoms with Crippen LogP contribution >= 0.6 is 27.5 Å². The normalized spacial score (nSPS) is 12.7. The molecule has 0 radical (unpaired) electrons. The van der Waals surface area contributed by atoms with Gasteiger partial charge in [0.15, 0.2) is 11.8 Å². The summed E-state index contributed by atoms with van der Waals surface area (Å²) in [6.45, 7) is 0.100. The number of amides is 1. The zero-order valence-corrected chi connectivity index (χ0v) is 19.3. The summed E-state index contributed by atoms with van der Waals surface area (Å²) in [6, 6.07) is 13.6. The molecule has 11 heteroatoms. The van der Waals surface area contributed by atoms with E-state index in [2.05, 4.69) is 26.3 Å². The number of nitrogens with one attached hydrogen (secondary N) is 1. The topological polar surface area (TPSA) is 142 Å². The summed E-state index contributed by atoms with van der Waals surface area (Å²) in [5.74, 6) is -3.64. The van der Waals surface area contributed by atoms with E-state index in [0.717, 1.165) is 20.8 Å². The van der Waals surface area contributed by atoms with E-state index in [4.69, 9.17) is 11.6 Å². The average molecular weight is 537 g/mol. The average Bonchev–Trinajstić information content (AvgIpc) is 3.20. The minimum atomic E-state index is -1.92. The van der Waals surface area contributed by atoms with Gasteiger partial charge in [0, 0.05) is 15.6 Å². The van der Waals surface area contributed by atoms with Crippen molar-refractivity contribution in [2.75, 3.05) is 0 Å². The lowest BCUT2D eigenvalue weighted by Gasteiger charge is -2.21. The Labute approximate surface area is 201 Å². The second kappa shape index (κ2) is 10.6. The van der Waals surface area contributed by atoms with E-state index in [9.17, 15) is 29.7 Å². The van der Waals surface area contributed by atoms with Crippen LogP contribution in [0.1, 0.15) is 32.1 Å². The number of aromatic carboxylic acids is 1. The predicted octanol–water partition coefficient (Wildman–Crippen LogP) is 2.83. The largest absolute Gasteiger partial charge is 0.479 e. The summed E-state index contributed by atoms with van der Waals surface area (Å²) in [5, 5.41) is 35.8. The standard InChI is InChI=1S/C22H19BrClN3O6/c23-14-7-5-12(6-8-14)11-27-18(21(30)31)10-17(26-27)20(29)25-16(19(28)22(32)33)9-13-3-1-2-4-15(13)24/h1-8,10,16,19,28H,9,11H2,(H,25,29)(H,30,31)(H,32,33)/t16-,19-/m1/s1. The van der Waals surface area contributed by atoms with Gasteiger partial charge in [0.05, 0.1) is 12.6 Å². The summed E-state index contributed by atoms with van der Waals surface area (Å²) in [4.78, 5) is 35.9. The molecule has 1 amide bonds. The molecule has 0 fully saturated rings. The lowest BCUT2D eigenvalue weighted by atomic mass is 10.0. The fourth-order valence-electron chi connectivity index (χ4n) is 3.14. The van der Waals surface area contributed by atoms with Crippen molar-refractivity contribution in [3.63, 3.8) is 0 Å². The second-order valence-electron chi connectivity index (χ2n) is 7.16. The van der Waals surface area contributed by atoms with Gasteiger partial charge in [0.1, 0.15) is 5.69 Å². The number of carbonyl (C=O) groups is 3. The molecular formula is C22H19BrClN3O6. The molecule has 3 rings (SSSR count). The van der Waals surface area contributed by atoms with Gasteiger partial charge in [-0.25, -0.2) is 9.59 Å². The number of aliphatic hydroxyl groups is 1. The fourth-order valence-corrected chi connectivity index (χ4v) is 3.62. The van der Waals surface area contributed by atoms with E-state index in [-0.39, 0.29) is 24.4 Å². The van der Waals surface area contributed by atoms with Gasteiger partial charge >= 0.3 is 11.9 Å². The van der Waals surface area contributed by atoms with E-state index in [1.807, 2.05) is 0 Å². The Morgan fingerprint density at radius 2 is 1.76 bits per heavy atom. The van der Waals surface area contributed by atoms with Crippen molar-refractivity contribution in [1.29, 1.82) is 0 Å². The van der Waals surface area contributed by atoms with Crippen LogP contribution in [0.5, 0.6) is 0 Å². The maximum atomic E-state index is 12.8. The van der Waals surface area contributed by atoms with Crippen molar-refractivity contribution < 1.29 is 29.7 Å². The third kappa shape index (κ3) is 6.19. The molecule has 0 aliphatic carbocycles. The maximum Gasteiger partial charge on any atom is 0.354 e. The predicted molar refractivity (Wildman–Crippen MR) is 122 cm³/mol. The molecule has 2 atom stereocenters. The summed E-state index contributed by atoms with van der Waals surface area (Å²) in [5.41, 5.74) is 0.834. The number of rotatable bonds is 9. The van der Waals surface area contributed by atoms with Crippen LogP contribution in [0, 0.1) is 0 Å². The summed E-state index contributed by atoms with van der Waals surface area (Å²) in [6.07, 6.45) is -1.99. The number of carboxylic acid groups (broad SMARTS) is 2. The second-order valence-corrected chi connectivity index (χ2v) is 8.49. The number of carbonyl (C=O) groups excluding carboxylic acids is 1. The number of carboxylic acids is 2. The molecule has 0 spiro atoms. The number of halogens is 2. The molecule has 1 aromatic heterocycles. The zero-order chi connectivity index (χ0) is 24.1. The molecule has 0 aliphatic heterocycles. The van der Waals surface area contributed by atoms with Crippen molar-refractivity contribution >= 4 is 45.4 Å². The van der Waals surface area contributed by atoms with Gasteiger partial charge in [0.25, 0.3) is 5.91 Å². The number of aromatic nitrogens is 2. The van der Waals surface area contributed by atoms with E-state index in [1.54, 1.807) is 48.5 Å². The molecule has 0 saturated carbocycles. The molecule has 4 N–H and O–H groups in total. The van der Waals surface area contributed by atoms with Crippen LogP contribution in [0.15, 0.2) is 59.1 Å². The summed E-state index contributed by atoms with van der Waals surface area (Å²) < 4.78 is 2.02. The molecule has 0 bridgehead atoms. The van der Waals surface area contributed by atoms with Crippen molar-refractivity contribution in [1.82, 2.24) is 15.1 Å². The number of hydrogen-bond acceptors (Lipinski definition) is 5. The summed E-state index contributed by atoms with van der Waals surface area (Å²) in [7, 11) is 0. The molecule has 1 heterocycles. The van der Waals surface area contributed by atoms with Crippen LogP contribution in [-0.2, 0) is 17.8 Å². The number of aliphatic hydroxyl groups excluding tert-OH is 1. The number of aliphatic carboxylic acids is 1. The highest BCUT2D eigenvalue weighted by Crippen LogP contribution is 2.19. The number of benzene rings is 2. The molecule has 172 valence electrons. The Balaban J connectivity index is 1.85. The van der Waals surface area contributed by atoms with E-state index < -0.39 is 30.0 Å². The van der Waals surface area contributed by atoms with Crippen LogP contribution < -0.4 is 5.32 Å². The van der Waals surface area contributed by atoms with Gasteiger partial charge in [-0.05, 0) is 35.7 Å². The van der Waals surface area contributed by atoms with E-state index in [1.165, 1.54) is 0 Å². The zero-order valence-electron chi connectivity index (χ0n) is 17.0. The van der Waals surface area contributed by atoms with Crippen molar-refractivity contribution in [2.24, 2.45) is 0 Å². The molecular weight excluding hydrogens is 518 g/mol. The first-order chi connectivity index (χ1) is 15.7. The van der Waals surface area contributed by atoms with Gasteiger partial charge in [-0.2, -0.15) is 5.10 Å². The van der Waals surface area contributed by atoms with E-state index in [0.29, 0.717) is 10.6 Å². The highest BCUT2D eigenvalue weighted by atomic mass is 79.9. The number of hydrogen-bond donors (Lipinski definition) is 4. The Kier molecular flexibility index (Phi) is 7.85. The highest BCUT2D eigenvalue weighted by molar-refractivity contribution is 9.10. The van der Waals surface area contributed by atoms with Crippen LogP contribution in [0.3, 0.4) is 0 Å². The minimum absolute atomic E-state index is 0.0652. The third-order valence-electron chi connectivity index (χ3n) is 4.83. The van der Waals surface area contributed by atoms with E-state index >= 15 is 0 Å². The molecule has 33 heavy (non-hydrogen) atoms. The van der Waals surface area contributed by atoms with Crippen LogP contribution in [0.2, 0.25) is 5.02 Å². The first-order valence-corrected chi connectivity index (χ1v) is 10.8. The Morgan fingerprint density at radius 3 is 2.36 bits per heavy atom. The van der Waals surface area contributed by atoms with Crippen molar-refractivity contribution in [3.05, 3.63) is 86.6 Å². The van der Waals surface area contributed by atoms with Crippen molar-refractivity contribution in [2.45, 2.75) is 25.1 Å². The van der Waals surface area contributed by atoms with Crippen molar-refractivity contribution in [3.8, 4) is 0 Å².